The topological polar surface area (TPSA) is 100 Å². The third-order valence-corrected chi connectivity index (χ3v) is 3.35. The fourth-order valence-corrected chi connectivity index (χ4v) is 2.35. The minimum Gasteiger partial charge on any atom is -0.368 e. The quantitative estimate of drug-likeness (QED) is 0.391. The molecule has 118 valence electrons. The van der Waals surface area contributed by atoms with Crippen LogP contribution in [0.5, 0.6) is 0 Å². The van der Waals surface area contributed by atoms with Crippen molar-refractivity contribution in [2.75, 3.05) is 14.1 Å². The Morgan fingerprint density at radius 3 is 1.90 bits per heavy atom. The number of rotatable bonds is 1. The molecule has 0 radical (unpaired) electrons. The molecule has 0 aromatic carbocycles. The number of hydrogen-bond acceptors (Lipinski definition) is 6. The lowest BCUT2D eigenvalue weighted by atomic mass is 9.93. The third kappa shape index (κ3) is 10.00. The predicted molar refractivity (Wildman–Crippen MR) is 80.2 cm³/mol. The molecule has 6 heteroatoms. The molecule has 2 saturated carbocycles. The van der Waals surface area contributed by atoms with E-state index in [0.717, 1.165) is 51.4 Å². The highest BCUT2D eigenvalue weighted by Crippen LogP contribution is 2.28. The zero-order chi connectivity index (χ0) is 15.3. The molecule has 0 saturated heterocycles. The molecule has 0 heterocycles. The largest absolute Gasteiger partial charge is 0.368 e. The van der Waals surface area contributed by atoms with Crippen LogP contribution in [0.4, 0.5) is 0 Å². The van der Waals surface area contributed by atoms with Gasteiger partial charge in [0.25, 0.3) is 0 Å². The summed E-state index contributed by atoms with van der Waals surface area (Å²) < 4.78 is 0. The highest BCUT2D eigenvalue weighted by molar-refractivity contribution is 5.78. The summed E-state index contributed by atoms with van der Waals surface area (Å²) in [6.45, 7) is 0. The zero-order valence-electron chi connectivity index (χ0n) is 12.9. The molecule has 20 heavy (non-hydrogen) atoms. The van der Waals surface area contributed by atoms with Gasteiger partial charge in [-0.2, -0.15) is 10.2 Å². The van der Waals surface area contributed by atoms with Crippen molar-refractivity contribution in [2.45, 2.75) is 69.9 Å². The summed E-state index contributed by atoms with van der Waals surface area (Å²) in [4.78, 5) is 10.5. The number of aliphatic hydroxyl groups is 1. The number of ketones is 1. The maximum atomic E-state index is 10.5. The Morgan fingerprint density at radius 2 is 1.55 bits per heavy atom. The Morgan fingerprint density at radius 1 is 1.10 bits per heavy atom. The average Bonchev–Trinajstić information content (AvgIpc) is 2.42. The van der Waals surface area contributed by atoms with Gasteiger partial charge in [-0.05, 0) is 45.6 Å². The predicted octanol–water partition coefficient (Wildman–Crippen LogP) is 2.32. The first-order valence-electron chi connectivity index (χ1n) is 7.50. The van der Waals surface area contributed by atoms with Gasteiger partial charge in [-0.1, -0.05) is 12.8 Å². The fraction of sp³-hybridized carbons (Fsp3) is 0.929. The monoisotopic (exact) mass is 286 g/mol. The second-order valence-electron chi connectivity index (χ2n) is 5.23. The Hall–Kier alpha value is -0.850. The van der Waals surface area contributed by atoms with E-state index < -0.39 is 5.72 Å². The highest BCUT2D eigenvalue weighted by Gasteiger charge is 2.28. The Balaban J connectivity index is 0.000000315. The van der Waals surface area contributed by atoms with Crippen molar-refractivity contribution in [1.29, 1.82) is 0 Å². The lowest BCUT2D eigenvalue weighted by molar-refractivity contribution is -0.120. The molecule has 0 amide bonds. The third-order valence-electron chi connectivity index (χ3n) is 3.35. The molecule has 0 aromatic heterocycles. The van der Waals surface area contributed by atoms with Gasteiger partial charge in [0.2, 0.25) is 0 Å². The van der Waals surface area contributed by atoms with Crippen LogP contribution in [0.2, 0.25) is 0 Å². The van der Waals surface area contributed by atoms with Crippen LogP contribution in [0.15, 0.2) is 10.2 Å². The SMILES string of the molecule is CN=NC1(O)CCCCC1.CNN.O=C1CCCCC1. The lowest BCUT2D eigenvalue weighted by Crippen LogP contribution is -2.28. The number of azo groups is 1. The van der Waals surface area contributed by atoms with Crippen molar-refractivity contribution in [2.24, 2.45) is 16.1 Å². The number of nitrogens with one attached hydrogen (secondary N) is 1. The first kappa shape index (κ1) is 19.1. The van der Waals surface area contributed by atoms with E-state index in [9.17, 15) is 9.90 Å². The molecule has 4 N–H and O–H groups in total. The van der Waals surface area contributed by atoms with E-state index in [1.54, 1.807) is 14.1 Å². The van der Waals surface area contributed by atoms with Crippen LogP contribution >= 0.6 is 0 Å². The van der Waals surface area contributed by atoms with E-state index in [1.165, 1.54) is 12.8 Å². The van der Waals surface area contributed by atoms with Gasteiger partial charge in [0, 0.05) is 19.9 Å². The molecule has 2 aliphatic carbocycles. The average molecular weight is 286 g/mol. The maximum absolute atomic E-state index is 10.5. The number of nitrogens with two attached hydrogens (primary N) is 1. The number of hydrogen-bond donors (Lipinski definition) is 3. The normalized spacial score (nSPS) is 21.5. The summed E-state index contributed by atoms with van der Waals surface area (Å²) in [5.74, 6) is 5.06. The zero-order valence-corrected chi connectivity index (χ0v) is 12.9. The summed E-state index contributed by atoms with van der Waals surface area (Å²) in [6.07, 6.45) is 10.2. The van der Waals surface area contributed by atoms with Gasteiger partial charge in [0.15, 0.2) is 5.72 Å². The van der Waals surface area contributed by atoms with Crippen LogP contribution in [0.25, 0.3) is 0 Å². The Kier molecular flexibility index (Phi) is 11.4. The molecule has 0 unspecified atom stereocenters. The van der Waals surface area contributed by atoms with Gasteiger partial charge >= 0.3 is 0 Å². The van der Waals surface area contributed by atoms with E-state index in [0.29, 0.717) is 5.78 Å². The van der Waals surface area contributed by atoms with Gasteiger partial charge in [-0.25, -0.2) is 0 Å². The maximum Gasteiger partial charge on any atom is 0.176 e. The van der Waals surface area contributed by atoms with Gasteiger partial charge in [-0.3, -0.25) is 16.1 Å². The molecule has 0 spiro atoms. The van der Waals surface area contributed by atoms with Crippen molar-refractivity contribution in [1.82, 2.24) is 5.43 Å². The Labute approximate surface area is 122 Å². The van der Waals surface area contributed by atoms with E-state index >= 15 is 0 Å². The first-order chi connectivity index (χ1) is 9.58. The van der Waals surface area contributed by atoms with Gasteiger partial charge in [0.05, 0.1) is 0 Å². The number of nitrogens with zero attached hydrogens (tertiary/aromatic N) is 2. The molecule has 0 bridgehead atoms. The van der Waals surface area contributed by atoms with Crippen LogP contribution < -0.4 is 11.3 Å². The van der Waals surface area contributed by atoms with E-state index in [4.69, 9.17) is 0 Å². The van der Waals surface area contributed by atoms with Gasteiger partial charge < -0.3 is 5.11 Å². The second-order valence-corrected chi connectivity index (χ2v) is 5.23. The molecule has 2 rings (SSSR count). The minimum absolute atomic E-state index is 0.464. The van der Waals surface area contributed by atoms with Crippen LogP contribution in [0.3, 0.4) is 0 Å². The summed E-state index contributed by atoms with van der Waals surface area (Å²) in [6, 6.07) is 0. The minimum atomic E-state index is -0.812. The first-order valence-corrected chi connectivity index (χ1v) is 7.50. The fourth-order valence-electron chi connectivity index (χ4n) is 2.35. The molecular formula is C14H30N4O2. The van der Waals surface area contributed by atoms with Crippen molar-refractivity contribution < 1.29 is 9.90 Å². The lowest BCUT2D eigenvalue weighted by Gasteiger charge is -2.26. The van der Waals surface area contributed by atoms with Crippen LogP contribution in [0.1, 0.15) is 64.2 Å². The van der Waals surface area contributed by atoms with E-state index in [-0.39, 0.29) is 0 Å². The summed E-state index contributed by atoms with van der Waals surface area (Å²) >= 11 is 0. The van der Waals surface area contributed by atoms with Crippen LogP contribution in [-0.4, -0.2) is 30.7 Å². The van der Waals surface area contributed by atoms with Crippen molar-refractivity contribution in [3.8, 4) is 0 Å². The van der Waals surface area contributed by atoms with Crippen molar-refractivity contribution in [3.05, 3.63) is 0 Å². The molecule has 0 aliphatic heterocycles. The molecule has 0 aromatic rings. The van der Waals surface area contributed by atoms with Crippen LogP contribution in [-0.2, 0) is 4.79 Å². The second kappa shape index (κ2) is 11.9. The smallest absolute Gasteiger partial charge is 0.176 e. The van der Waals surface area contributed by atoms with E-state index in [2.05, 4.69) is 21.5 Å². The van der Waals surface area contributed by atoms with Crippen molar-refractivity contribution in [3.63, 3.8) is 0 Å². The molecule has 6 nitrogen and oxygen atoms in total. The number of Topliss-reactive ketones (excluding diaryl/α,β-unsaturated/α-hetero) is 1. The molecule has 0 atom stereocenters. The summed E-state index contributed by atoms with van der Waals surface area (Å²) in [5.41, 5.74) is 1.44. The van der Waals surface area contributed by atoms with Crippen molar-refractivity contribution >= 4 is 5.78 Å². The van der Waals surface area contributed by atoms with Gasteiger partial charge in [-0.15, -0.1) is 0 Å². The number of carbonyl (C=O) groups excluding carboxylic acids is 1. The highest BCUT2D eigenvalue weighted by atomic mass is 16.3. The summed E-state index contributed by atoms with van der Waals surface area (Å²) in [5, 5.41) is 17.0. The van der Waals surface area contributed by atoms with E-state index in [1.807, 2.05) is 0 Å². The van der Waals surface area contributed by atoms with Gasteiger partial charge in [0.1, 0.15) is 5.78 Å². The molecule has 2 aliphatic rings. The standard InChI is InChI=1S/C7H14N2O.C6H10O.CH6N2/c1-8-9-7(10)5-3-2-4-6-7;7-6-4-2-1-3-5-6;1-3-2/h10H,2-6H2,1H3;1-5H2;3H,2H2,1H3. The number of hydrazine groups is 1. The number of carbonyl (C=O) groups is 1. The van der Waals surface area contributed by atoms with Crippen LogP contribution in [0, 0.1) is 0 Å². The Bertz CT molecular complexity index is 268. The summed E-state index contributed by atoms with van der Waals surface area (Å²) in [7, 11) is 3.26. The molecular weight excluding hydrogens is 256 g/mol. The molecule has 2 fully saturated rings.